The number of carbonyl (C=O) groups is 1. The number of hydrogen-bond donors (Lipinski definition) is 1. The van der Waals surface area contributed by atoms with Crippen molar-refractivity contribution in [1.82, 2.24) is 10.5 Å². The summed E-state index contributed by atoms with van der Waals surface area (Å²) in [6, 6.07) is 12.1. The van der Waals surface area contributed by atoms with Gasteiger partial charge < -0.3 is 9.84 Å². The molecule has 1 amide bonds. The fraction of sp³-hybridized carbons (Fsp3) is 0.111. The molecule has 3 aromatic rings. The van der Waals surface area contributed by atoms with E-state index < -0.39 is 0 Å². The van der Waals surface area contributed by atoms with Gasteiger partial charge in [0.25, 0.3) is 0 Å². The van der Waals surface area contributed by atoms with Gasteiger partial charge in [-0.2, -0.15) is 0 Å². The molecule has 0 atom stereocenters. The van der Waals surface area contributed by atoms with Crippen molar-refractivity contribution >= 4 is 23.3 Å². The normalized spacial score (nSPS) is 11.0. The summed E-state index contributed by atoms with van der Waals surface area (Å²) in [4.78, 5) is 13.5. The maximum atomic E-state index is 13.8. The number of carbonyl (C=O) groups excluding carboxylic acids is 1. The number of benzene rings is 1. The first-order chi connectivity index (χ1) is 11.7. The van der Waals surface area contributed by atoms with Crippen LogP contribution in [0.5, 0.6) is 0 Å². The quantitative estimate of drug-likeness (QED) is 0.691. The molecule has 1 N–H and O–H groups in total. The van der Waals surface area contributed by atoms with Gasteiger partial charge in [0.2, 0.25) is 5.91 Å². The Balaban J connectivity index is 1.55. The standard InChI is InChI=1S/C18H15FN2O2S/c19-16-4-2-1-3-15(16)17-7-5-14(24-17)6-8-18(22)20-11-9-13-10-12-23-21-13/h1-8,10,12H,9,11H2,(H,20,22)/b8-6+. The molecule has 0 aliphatic heterocycles. The van der Waals surface area contributed by atoms with Gasteiger partial charge in [-0.25, -0.2) is 4.39 Å². The predicted octanol–water partition coefficient (Wildman–Crippen LogP) is 3.91. The van der Waals surface area contributed by atoms with Gasteiger partial charge >= 0.3 is 0 Å². The first-order valence-electron chi connectivity index (χ1n) is 7.42. The second-order valence-electron chi connectivity index (χ2n) is 5.05. The molecule has 6 heteroatoms. The Morgan fingerprint density at radius 2 is 2.12 bits per heavy atom. The molecule has 2 heterocycles. The number of halogens is 1. The van der Waals surface area contributed by atoms with Crippen molar-refractivity contribution in [3.05, 3.63) is 71.2 Å². The van der Waals surface area contributed by atoms with E-state index in [1.54, 1.807) is 30.3 Å². The van der Waals surface area contributed by atoms with Crippen LogP contribution in [0, 0.1) is 5.82 Å². The lowest BCUT2D eigenvalue weighted by Gasteiger charge is -1.99. The minimum absolute atomic E-state index is 0.181. The molecule has 122 valence electrons. The lowest BCUT2D eigenvalue weighted by molar-refractivity contribution is -0.116. The number of aromatic nitrogens is 1. The highest BCUT2D eigenvalue weighted by Gasteiger charge is 2.06. The summed E-state index contributed by atoms with van der Waals surface area (Å²) in [7, 11) is 0. The van der Waals surface area contributed by atoms with Gasteiger partial charge in [-0.05, 0) is 24.3 Å². The molecular weight excluding hydrogens is 327 g/mol. The molecular formula is C18H15FN2O2S. The highest BCUT2D eigenvalue weighted by atomic mass is 32.1. The molecule has 0 aliphatic rings. The molecule has 0 radical (unpaired) electrons. The van der Waals surface area contributed by atoms with Crippen molar-refractivity contribution in [1.29, 1.82) is 0 Å². The van der Waals surface area contributed by atoms with E-state index in [0.29, 0.717) is 18.5 Å². The largest absolute Gasteiger partial charge is 0.365 e. The number of thiophene rings is 1. The van der Waals surface area contributed by atoms with Crippen LogP contribution in [0.3, 0.4) is 0 Å². The average Bonchev–Trinajstić information content (AvgIpc) is 3.25. The fourth-order valence-corrected chi connectivity index (χ4v) is 3.08. The Hall–Kier alpha value is -2.73. The van der Waals surface area contributed by atoms with Gasteiger partial charge in [-0.3, -0.25) is 4.79 Å². The number of nitrogens with one attached hydrogen (secondary N) is 1. The van der Waals surface area contributed by atoms with Crippen LogP contribution in [0.15, 0.2) is 59.3 Å². The first kappa shape index (κ1) is 16.1. The topological polar surface area (TPSA) is 55.1 Å². The minimum atomic E-state index is -0.250. The molecule has 2 aromatic heterocycles. The van der Waals surface area contributed by atoms with Crippen molar-refractivity contribution in [2.75, 3.05) is 6.54 Å². The van der Waals surface area contributed by atoms with Crippen molar-refractivity contribution in [2.24, 2.45) is 0 Å². The Morgan fingerprint density at radius 1 is 1.25 bits per heavy atom. The zero-order chi connectivity index (χ0) is 16.8. The Morgan fingerprint density at radius 3 is 2.92 bits per heavy atom. The summed E-state index contributed by atoms with van der Waals surface area (Å²) < 4.78 is 18.5. The summed E-state index contributed by atoms with van der Waals surface area (Å²) in [6.45, 7) is 0.487. The van der Waals surface area contributed by atoms with E-state index in [0.717, 1.165) is 15.4 Å². The van der Waals surface area contributed by atoms with Gasteiger partial charge in [-0.1, -0.05) is 23.4 Å². The molecule has 24 heavy (non-hydrogen) atoms. The summed E-state index contributed by atoms with van der Waals surface area (Å²) in [5.74, 6) is -0.431. The van der Waals surface area contributed by atoms with Crippen molar-refractivity contribution < 1.29 is 13.7 Å². The van der Waals surface area contributed by atoms with E-state index >= 15 is 0 Å². The van der Waals surface area contributed by atoms with E-state index in [1.165, 1.54) is 29.7 Å². The smallest absolute Gasteiger partial charge is 0.244 e. The molecule has 1 aromatic carbocycles. The SMILES string of the molecule is O=C(/C=C/c1ccc(-c2ccccc2F)s1)NCCc1ccon1. The van der Waals surface area contributed by atoms with E-state index in [9.17, 15) is 9.18 Å². The van der Waals surface area contributed by atoms with Crippen LogP contribution < -0.4 is 5.32 Å². The Labute approximate surface area is 142 Å². The number of nitrogens with zero attached hydrogens (tertiary/aromatic N) is 1. The summed E-state index contributed by atoms with van der Waals surface area (Å²) >= 11 is 1.43. The molecule has 0 bridgehead atoms. The van der Waals surface area contributed by atoms with E-state index in [2.05, 4.69) is 10.5 Å². The number of rotatable bonds is 6. The molecule has 3 rings (SSSR count). The second kappa shape index (κ2) is 7.70. The van der Waals surface area contributed by atoms with Gasteiger partial charge in [-0.15, -0.1) is 11.3 Å². The van der Waals surface area contributed by atoms with Crippen LogP contribution in [-0.2, 0) is 11.2 Å². The molecule has 0 saturated carbocycles. The molecule has 0 fully saturated rings. The van der Waals surface area contributed by atoms with Crippen LogP contribution in [0.4, 0.5) is 4.39 Å². The van der Waals surface area contributed by atoms with Gasteiger partial charge in [0.15, 0.2) is 0 Å². The van der Waals surface area contributed by atoms with Crippen LogP contribution in [0.1, 0.15) is 10.6 Å². The highest BCUT2D eigenvalue weighted by Crippen LogP contribution is 2.30. The third kappa shape index (κ3) is 4.17. The van der Waals surface area contributed by atoms with Crippen LogP contribution >= 0.6 is 11.3 Å². The van der Waals surface area contributed by atoms with Gasteiger partial charge in [0.1, 0.15) is 12.1 Å². The highest BCUT2D eigenvalue weighted by molar-refractivity contribution is 7.16. The third-order valence-electron chi connectivity index (χ3n) is 3.34. The van der Waals surface area contributed by atoms with E-state index in [-0.39, 0.29) is 11.7 Å². The van der Waals surface area contributed by atoms with Crippen LogP contribution in [0.25, 0.3) is 16.5 Å². The molecule has 0 saturated heterocycles. The van der Waals surface area contributed by atoms with Crippen molar-refractivity contribution in [3.63, 3.8) is 0 Å². The Kier molecular flexibility index (Phi) is 5.18. The molecule has 0 spiro atoms. The maximum absolute atomic E-state index is 13.8. The molecule has 0 unspecified atom stereocenters. The molecule has 0 aliphatic carbocycles. The van der Waals surface area contributed by atoms with E-state index in [1.807, 2.05) is 12.1 Å². The lowest BCUT2D eigenvalue weighted by atomic mass is 10.2. The second-order valence-corrected chi connectivity index (χ2v) is 6.16. The van der Waals surface area contributed by atoms with Crippen molar-refractivity contribution in [2.45, 2.75) is 6.42 Å². The zero-order valence-corrected chi connectivity index (χ0v) is 13.6. The minimum Gasteiger partial charge on any atom is -0.365 e. The fourth-order valence-electron chi connectivity index (χ4n) is 2.15. The maximum Gasteiger partial charge on any atom is 0.244 e. The van der Waals surface area contributed by atoms with Crippen molar-refractivity contribution in [3.8, 4) is 10.4 Å². The van der Waals surface area contributed by atoms with Crippen LogP contribution in [-0.4, -0.2) is 17.6 Å². The summed E-state index contributed by atoms with van der Waals surface area (Å²) in [5, 5.41) is 6.55. The van der Waals surface area contributed by atoms with E-state index in [4.69, 9.17) is 4.52 Å². The Bertz CT molecular complexity index is 840. The monoisotopic (exact) mass is 342 g/mol. The average molecular weight is 342 g/mol. The molecule has 4 nitrogen and oxygen atoms in total. The zero-order valence-electron chi connectivity index (χ0n) is 12.7. The number of hydrogen-bond acceptors (Lipinski definition) is 4. The summed E-state index contributed by atoms with van der Waals surface area (Å²) in [6.07, 6.45) is 5.31. The third-order valence-corrected chi connectivity index (χ3v) is 4.42. The van der Waals surface area contributed by atoms with Gasteiger partial charge in [0.05, 0.1) is 5.69 Å². The van der Waals surface area contributed by atoms with Gasteiger partial charge in [0, 0.05) is 40.4 Å². The lowest BCUT2D eigenvalue weighted by Crippen LogP contribution is -2.23. The number of amides is 1. The predicted molar refractivity (Wildman–Crippen MR) is 92.0 cm³/mol. The first-order valence-corrected chi connectivity index (χ1v) is 8.24. The van der Waals surface area contributed by atoms with Crippen LogP contribution in [0.2, 0.25) is 0 Å². The summed E-state index contributed by atoms with van der Waals surface area (Å²) in [5.41, 5.74) is 1.37.